The maximum Gasteiger partial charge on any atom is 0.303 e. The first-order valence-electron chi connectivity index (χ1n) is 23.2. The van der Waals surface area contributed by atoms with E-state index >= 15 is 0 Å². The Balaban J connectivity index is 1.53. The summed E-state index contributed by atoms with van der Waals surface area (Å²) in [6.07, 6.45) is 10.9. The summed E-state index contributed by atoms with van der Waals surface area (Å²) in [5, 5.41) is 9.63. The van der Waals surface area contributed by atoms with Gasteiger partial charge in [0, 0.05) is 85.7 Å². The van der Waals surface area contributed by atoms with Crippen molar-refractivity contribution in [1.29, 1.82) is 0 Å². The molecule has 5 N–H and O–H groups in total. The zero-order valence-corrected chi connectivity index (χ0v) is 44.2. The highest BCUT2D eigenvalue weighted by atomic mass is 32.2. The molecule has 4 aromatic carbocycles. The van der Waals surface area contributed by atoms with Crippen molar-refractivity contribution in [3.63, 3.8) is 0 Å². The molecule has 0 saturated heterocycles. The summed E-state index contributed by atoms with van der Waals surface area (Å²) >= 11 is 0. The average molecular weight is 1090 g/mol. The van der Waals surface area contributed by atoms with Gasteiger partial charge in [-0.1, -0.05) is 30.7 Å². The van der Waals surface area contributed by atoms with Crippen molar-refractivity contribution in [3.8, 4) is 0 Å². The number of aliphatic carboxylic acids is 1. The Morgan fingerprint density at radius 2 is 1.16 bits per heavy atom. The molecule has 2 aliphatic rings. The van der Waals surface area contributed by atoms with Crippen LogP contribution in [0.1, 0.15) is 70.4 Å². The molecule has 2 unspecified atom stereocenters. The van der Waals surface area contributed by atoms with Crippen LogP contribution in [0.2, 0.25) is 0 Å². The van der Waals surface area contributed by atoms with Crippen LogP contribution in [-0.4, -0.2) is 140 Å². The van der Waals surface area contributed by atoms with Gasteiger partial charge in [-0.15, -0.1) is 0 Å². The van der Waals surface area contributed by atoms with Gasteiger partial charge in [0.05, 0.1) is 41.6 Å². The summed E-state index contributed by atoms with van der Waals surface area (Å²) in [7, 11) is -17.0. The summed E-state index contributed by atoms with van der Waals surface area (Å²) in [5.41, 5.74) is 1.49. The molecule has 0 bridgehead atoms. The van der Waals surface area contributed by atoms with E-state index in [1.165, 1.54) is 38.5 Å². The number of carbonyl (C=O) groups is 1. The van der Waals surface area contributed by atoms with E-state index in [1.54, 1.807) is 30.4 Å². The van der Waals surface area contributed by atoms with Gasteiger partial charge in [0.1, 0.15) is 16.3 Å². The minimum atomic E-state index is -5.04. The van der Waals surface area contributed by atoms with Gasteiger partial charge in [0.15, 0.2) is 5.71 Å². The van der Waals surface area contributed by atoms with E-state index < -0.39 is 76.9 Å². The minimum absolute atomic E-state index is 0.000263. The highest BCUT2D eigenvalue weighted by Gasteiger charge is 2.49. The number of carboxylic acids is 1. The Bertz CT molecular complexity index is 3370. The lowest BCUT2D eigenvalue weighted by Gasteiger charge is -2.31. The van der Waals surface area contributed by atoms with Crippen LogP contribution in [0.3, 0.4) is 0 Å². The van der Waals surface area contributed by atoms with Gasteiger partial charge in [0.2, 0.25) is 5.69 Å². The molecule has 2 aliphatic heterocycles. The van der Waals surface area contributed by atoms with Crippen LogP contribution >= 0.6 is 0 Å². The maximum atomic E-state index is 12.8. The van der Waals surface area contributed by atoms with Crippen molar-refractivity contribution >= 4 is 85.1 Å². The Labute approximate surface area is 425 Å². The molecule has 398 valence electrons. The first-order chi connectivity index (χ1) is 34.2. The monoisotopic (exact) mass is 1090 g/mol. The van der Waals surface area contributed by atoms with E-state index in [4.69, 9.17) is 18.9 Å². The predicted molar refractivity (Wildman–Crippen MR) is 272 cm³/mol. The Morgan fingerprint density at radius 3 is 1.67 bits per heavy atom. The van der Waals surface area contributed by atoms with Crippen molar-refractivity contribution in [2.24, 2.45) is 0 Å². The molecule has 20 nitrogen and oxygen atoms in total. The summed E-state index contributed by atoms with van der Waals surface area (Å²) in [4.78, 5) is 10.4. The molecule has 2 atom stereocenters. The average Bonchev–Trinajstić information content (AvgIpc) is 3.69. The van der Waals surface area contributed by atoms with Crippen LogP contribution in [0.5, 0.6) is 0 Å². The van der Waals surface area contributed by atoms with Gasteiger partial charge in [-0.25, -0.2) is 0 Å². The number of hydrogen-bond donors (Lipinski definition) is 5. The molecule has 0 amide bonds. The van der Waals surface area contributed by atoms with E-state index in [9.17, 15) is 61.8 Å². The quantitative estimate of drug-likeness (QED) is 0.0185. The van der Waals surface area contributed by atoms with Gasteiger partial charge in [0.25, 0.3) is 40.5 Å². The van der Waals surface area contributed by atoms with Crippen molar-refractivity contribution in [2.75, 3.05) is 71.9 Å². The second-order valence-corrected chi connectivity index (χ2v) is 23.6. The summed E-state index contributed by atoms with van der Waals surface area (Å²) in [6.45, 7) is 7.85. The van der Waals surface area contributed by atoms with Crippen LogP contribution in [0, 0.1) is 0 Å². The Kier molecular flexibility index (Phi) is 18.0. The molecule has 0 aliphatic carbocycles. The van der Waals surface area contributed by atoms with E-state index in [1.807, 2.05) is 42.4 Å². The molecule has 0 saturated carbocycles. The third-order valence-corrected chi connectivity index (χ3v) is 16.8. The third-order valence-electron chi connectivity index (χ3n) is 13.3. The van der Waals surface area contributed by atoms with E-state index in [-0.39, 0.29) is 60.8 Å². The highest BCUT2D eigenvalue weighted by molar-refractivity contribution is 7.87. The second-order valence-electron chi connectivity index (χ2n) is 18.0. The molecular weight excluding hydrogens is 1030 g/mol. The third kappa shape index (κ3) is 12.4. The molecule has 24 heteroatoms. The fraction of sp³-hybridized carbons (Fsp3) is 0.429. The number of unbranched alkanes of at least 4 members (excludes halogenated alkanes) is 2. The van der Waals surface area contributed by atoms with Crippen molar-refractivity contribution < 1.29 is 85.3 Å². The van der Waals surface area contributed by atoms with Crippen molar-refractivity contribution in [2.45, 2.75) is 89.7 Å². The number of methoxy groups -OCH3 is 2. The number of anilines is 1. The van der Waals surface area contributed by atoms with Crippen LogP contribution in [-0.2, 0) is 75.0 Å². The van der Waals surface area contributed by atoms with Gasteiger partial charge in [-0.2, -0.15) is 38.2 Å². The van der Waals surface area contributed by atoms with Gasteiger partial charge in [-0.05, 0) is 105 Å². The number of fused-ring (bicyclic) bond motifs is 6. The Hall–Kier alpha value is -4.96. The van der Waals surface area contributed by atoms with Crippen LogP contribution in [0.25, 0.3) is 21.5 Å². The first kappa shape index (κ1) is 57.3. The first-order valence-corrected chi connectivity index (χ1v) is 29.0. The fourth-order valence-corrected chi connectivity index (χ4v) is 12.6. The number of allylic oxidation sites excluding steroid dienone is 6. The number of rotatable bonds is 26. The molecule has 0 fully saturated rings. The molecular formula is C49H61N2O18S4+. The predicted octanol–water partition coefficient (Wildman–Crippen LogP) is 6.88. The van der Waals surface area contributed by atoms with Crippen LogP contribution in [0.4, 0.5) is 11.4 Å². The molecule has 2 heterocycles. The normalized spacial score (nSPS) is 19.1. The molecule has 4 aromatic rings. The van der Waals surface area contributed by atoms with Gasteiger partial charge < -0.3 is 29.0 Å². The maximum absolute atomic E-state index is 12.8. The standard InChI is InChI=1S/C49H60N2O18S4/c1-6-50-39-18-16-35-37(29-33(70(54,55)56)31-41(35)72(60,61)62)46(39)48(2,20-23-68-27-25-66-4)43(50)13-9-7-10-14-44-49(3,21-24-69-28-26-67-5)47-38-30-34(71(57,58)59)32-42(73(63,64)65)36(38)17-19-40(47)51(44)22-12-8-11-15-45(52)53/h7,9-10,13-14,16-19,29-32H,6,8,11-12,15,20-28H2,1-5H3,(H4-,52,53,54,55,56,57,58,59,60,61,62,63,64,65)/p+1. The second kappa shape index (κ2) is 22.9. The number of ether oxygens (including phenoxy) is 4. The Morgan fingerprint density at radius 1 is 0.630 bits per heavy atom. The summed E-state index contributed by atoms with van der Waals surface area (Å²) < 4.78 is 167. The minimum Gasteiger partial charge on any atom is -0.481 e. The van der Waals surface area contributed by atoms with E-state index in [2.05, 4.69) is 0 Å². The lowest BCUT2D eigenvalue weighted by Crippen LogP contribution is -2.33. The molecule has 0 aromatic heterocycles. The lowest BCUT2D eigenvalue weighted by atomic mass is 9.75. The molecule has 6 rings (SSSR count). The summed E-state index contributed by atoms with van der Waals surface area (Å²) in [5.74, 6) is -0.939. The van der Waals surface area contributed by atoms with Crippen LogP contribution < -0.4 is 4.90 Å². The highest BCUT2D eigenvalue weighted by Crippen LogP contribution is 2.54. The number of carboxylic acid groups (broad SMARTS) is 1. The number of hydrogen-bond acceptors (Lipinski definition) is 14. The molecule has 73 heavy (non-hydrogen) atoms. The van der Waals surface area contributed by atoms with Gasteiger partial charge >= 0.3 is 5.97 Å². The van der Waals surface area contributed by atoms with Crippen LogP contribution in [0.15, 0.2) is 104 Å². The number of nitrogens with zero attached hydrogens (tertiary/aromatic N) is 2. The fourth-order valence-electron chi connectivity index (χ4n) is 9.93. The number of benzene rings is 4. The summed E-state index contributed by atoms with van der Waals surface area (Å²) in [6, 6.07) is 10.0. The largest absolute Gasteiger partial charge is 0.481 e. The zero-order chi connectivity index (χ0) is 53.7. The smallest absolute Gasteiger partial charge is 0.303 e. The van der Waals surface area contributed by atoms with Crippen molar-refractivity contribution in [1.82, 2.24) is 0 Å². The van der Waals surface area contributed by atoms with Gasteiger partial charge in [-0.3, -0.25) is 23.0 Å². The van der Waals surface area contributed by atoms with E-state index in [0.717, 1.165) is 0 Å². The van der Waals surface area contributed by atoms with E-state index in [0.29, 0.717) is 98.0 Å². The molecule has 0 radical (unpaired) electrons. The zero-order valence-electron chi connectivity index (χ0n) is 41.0. The topological polar surface area (TPSA) is 298 Å². The molecule has 0 spiro atoms. The lowest BCUT2D eigenvalue weighted by molar-refractivity contribution is -0.433. The van der Waals surface area contributed by atoms with Crippen molar-refractivity contribution in [3.05, 3.63) is 95.7 Å². The SMILES string of the molecule is CC[N+]1=C(/C=C/C=C/C=C2/N(CCCCCC(=O)O)c3ccc4c(S(=O)(=O)O)cc(S(=O)(=O)O)cc4c3C2(C)CCOCCOC)C(C)(CCOCCOC)c2c1ccc1c(S(=O)(=O)O)cc(S(=O)(=O)O)cc21.